The lowest BCUT2D eigenvalue weighted by Crippen LogP contribution is -2.54. The Hall–Kier alpha value is -3.28. The Morgan fingerprint density at radius 1 is 0.711 bits per heavy atom. The molecule has 4 aromatic rings. The van der Waals surface area contributed by atoms with Gasteiger partial charge in [-0.1, -0.05) is 94.3 Å². The van der Waals surface area contributed by atoms with E-state index < -0.39 is 38.2 Å². The Kier molecular flexibility index (Phi) is 9.05. The molecule has 0 spiro atoms. The number of nitrogens with zero attached hydrogens (tertiary/aromatic N) is 2. The monoisotopic (exact) mass is 706 g/mol. The summed E-state index contributed by atoms with van der Waals surface area (Å²) in [6.07, 6.45) is 0.508. The number of fused-ring (bicyclic) bond motifs is 1. The van der Waals surface area contributed by atoms with E-state index >= 15 is 0 Å². The van der Waals surface area contributed by atoms with E-state index in [2.05, 4.69) is 15.9 Å². The molecule has 0 saturated carbocycles. The zero-order valence-electron chi connectivity index (χ0n) is 25.1. The molecule has 2 heterocycles. The van der Waals surface area contributed by atoms with Crippen LogP contribution < -0.4 is 0 Å². The van der Waals surface area contributed by atoms with Crippen molar-refractivity contribution in [1.82, 2.24) is 8.61 Å². The smallest absolute Gasteiger partial charge is 0.244 e. The molecular formula is C35H35BrN2O5S2. The quantitative estimate of drug-likeness (QED) is 0.191. The summed E-state index contributed by atoms with van der Waals surface area (Å²) >= 11 is 3.42. The lowest BCUT2D eigenvalue weighted by molar-refractivity contribution is 0.118. The Balaban J connectivity index is 1.55. The van der Waals surface area contributed by atoms with Gasteiger partial charge in [0, 0.05) is 23.0 Å². The molecule has 0 aliphatic carbocycles. The van der Waals surface area contributed by atoms with Crippen LogP contribution in [0.15, 0.2) is 135 Å². The van der Waals surface area contributed by atoms with Crippen LogP contribution in [-0.2, 0) is 24.8 Å². The zero-order chi connectivity index (χ0) is 31.8. The highest BCUT2D eigenvalue weighted by atomic mass is 79.9. The minimum atomic E-state index is -4.05. The maximum atomic E-state index is 14.7. The normalized spacial score (nSPS) is 21.4. The van der Waals surface area contributed by atoms with Crippen molar-refractivity contribution in [1.29, 1.82) is 0 Å². The number of hydrogen-bond donors (Lipinski definition) is 0. The second kappa shape index (κ2) is 12.8. The van der Waals surface area contributed by atoms with Crippen molar-refractivity contribution < 1.29 is 21.6 Å². The molecule has 1 fully saturated rings. The molecule has 45 heavy (non-hydrogen) atoms. The van der Waals surface area contributed by atoms with Crippen LogP contribution in [0.3, 0.4) is 0 Å². The van der Waals surface area contributed by atoms with Crippen molar-refractivity contribution in [3.8, 4) is 0 Å². The molecule has 0 N–H and O–H groups in total. The summed E-state index contributed by atoms with van der Waals surface area (Å²) in [7, 11) is -8.02. The van der Waals surface area contributed by atoms with Gasteiger partial charge in [-0.25, -0.2) is 16.8 Å². The van der Waals surface area contributed by atoms with Crippen molar-refractivity contribution in [3.05, 3.63) is 142 Å². The van der Waals surface area contributed by atoms with E-state index in [1.807, 2.05) is 74.5 Å². The van der Waals surface area contributed by atoms with Crippen LogP contribution in [0.5, 0.6) is 0 Å². The molecule has 0 bridgehead atoms. The molecule has 2 aliphatic rings. The van der Waals surface area contributed by atoms with E-state index in [0.29, 0.717) is 17.9 Å². The van der Waals surface area contributed by atoms with Gasteiger partial charge in [-0.05, 0) is 67.8 Å². The average Bonchev–Trinajstić information content (AvgIpc) is 3.05. The molecule has 0 radical (unpaired) electrons. The fraction of sp³-hybridized carbons (Fsp3) is 0.257. The standard InChI is InChI=1S/C35H35BrN2O5S2/c1-3-43-35-23-33(27-12-8-5-9-13-27)38(45(41,42)30-20-16-28(36)17-21-30)34-22-32(26-10-6-4-7-11-26)37(24-31(34)35)44(39,40)29-18-14-25(2)15-19-29/h4-21,32-34H,3,22-24H2,1-2H3/t32-,33-,34-/m0/s1. The topological polar surface area (TPSA) is 84.0 Å². The molecule has 0 unspecified atom stereocenters. The lowest BCUT2D eigenvalue weighted by atomic mass is 9.84. The molecule has 7 nitrogen and oxygen atoms in total. The summed E-state index contributed by atoms with van der Waals surface area (Å²) in [4.78, 5) is 0.375. The molecule has 4 aromatic carbocycles. The van der Waals surface area contributed by atoms with Gasteiger partial charge in [0.2, 0.25) is 20.0 Å². The maximum Gasteiger partial charge on any atom is 0.244 e. The Labute approximate surface area is 274 Å². The van der Waals surface area contributed by atoms with Gasteiger partial charge in [0.25, 0.3) is 0 Å². The van der Waals surface area contributed by atoms with E-state index in [1.54, 1.807) is 52.8 Å². The van der Waals surface area contributed by atoms with Crippen LogP contribution in [0.1, 0.15) is 48.5 Å². The number of rotatable bonds is 8. The third kappa shape index (κ3) is 6.14. The highest BCUT2D eigenvalue weighted by Gasteiger charge is 2.51. The first-order chi connectivity index (χ1) is 21.6. The number of hydrogen-bond acceptors (Lipinski definition) is 5. The SMILES string of the molecule is CCOC1=C2CN(S(=O)(=O)c3ccc(C)cc3)[C@H](c3ccccc3)C[C@@H]2N(S(=O)(=O)c2ccc(Br)cc2)[C@H](c2ccccc2)C1. The van der Waals surface area contributed by atoms with Crippen LogP contribution in [-0.4, -0.2) is 44.6 Å². The minimum absolute atomic E-state index is 0.00361. The van der Waals surface area contributed by atoms with Crippen LogP contribution in [0.2, 0.25) is 0 Å². The van der Waals surface area contributed by atoms with Gasteiger partial charge in [-0.2, -0.15) is 8.61 Å². The first-order valence-corrected chi connectivity index (χ1v) is 18.6. The van der Waals surface area contributed by atoms with Gasteiger partial charge in [-0.15, -0.1) is 0 Å². The van der Waals surface area contributed by atoms with Crippen molar-refractivity contribution >= 4 is 36.0 Å². The highest BCUT2D eigenvalue weighted by Crippen LogP contribution is 2.49. The Bertz CT molecular complexity index is 1900. The number of benzene rings is 4. The summed E-state index contributed by atoms with van der Waals surface area (Å²) in [5, 5.41) is 0. The Morgan fingerprint density at radius 2 is 1.24 bits per heavy atom. The third-order valence-corrected chi connectivity index (χ3v) is 12.9. The first kappa shape index (κ1) is 31.7. The molecule has 1 saturated heterocycles. The summed E-state index contributed by atoms with van der Waals surface area (Å²) in [6, 6.07) is 30.8. The number of ether oxygens (including phenoxy) is 1. The van der Waals surface area contributed by atoms with E-state index in [0.717, 1.165) is 21.2 Å². The maximum absolute atomic E-state index is 14.7. The highest BCUT2D eigenvalue weighted by molar-refractivity contribution is 9.10. The molecule has 3 atom stereocenters. The van der Waals surface area contributed by atoms with Crippen molar-refractivity contribution in [3.63, 3.8) is 0 Å². The summed E-state index contributed by atoms with van der Waals surface area (Å²) < 4.78 is 68.3. The van der Waals surface area contributed by atoms with E-state index in [-0.39, 0.29) is 29.2 Å². The van der Waals surface area contributed by atoms with Crippen LogP contribution in [0.25, 0.3) is 0 Å². The molecule has 234 valence electrons. The molecule has 0 aromatic heterocycles. The second-order valence-corrected chi connectivity index (χ2v) is 16.0. The molecule has 6 rings (SSSR count). The van der Waals surface area contributed by atoms with Crippen molar-refractivity contribution in [2.45, 2.75) is 54.6 Å². The minimum Gasteiger partial charge on any atom is -0.498 e. The van der Waals surface area contributed by atoms with Gasteiger partial charge in [-0.3, -0.25) is 0 Å². The molecular weight excluding hydrogens is 672 g/mol. The third-order valence-electron chi connectivity index (χ3n) is 8.58. The van der Waals surface area contributed by atoms with Crippen molar-refractivity contribution in [2.24, 2.45) is 0 Å². The molecule has 2 aliphatic heterocycles. The number of halogens is 1. The Morgan fingerprint density at radius 3 is 1.82 bits per heavy atom. The van der Waals surface area contributed by atoms with Crippen LogP contribution in [0.4, 0.5) is 0 Å². The van der Waals surface area contributed by atoms with Gasteiger partial charge in [0.15, 0.2) is 0 Å². The summed E-state index contributed by atoms with van der Waals surface area (Å²) in [6.45, 7) is 4.18. The van der Waals surface area contributed by atoms with E-state index in [4.69, 9.17) is 4.74 Å². The van der Waals surface area contributed by atoms with Crippen molar-refractivity contribution in [2.75, 3.05) is 13.2 Å². The molecule has 0 amide bonds. The van der Waals surface area contributed by atoms with Gasteiger partial charge >= 0.3 is 0 Å². The van der Waals surface area contributed by atoms with E-state index in [9.17, 15) is 16.8 Å². The fourth-order valence-corrected chi connectivity index (χ4v) is 10.1. The second-order valence-electron chi connectivity index (χ2n) is 11.3. The fourth-order valence-electron chi connectivity index (χ4n) is 6.40. The first-order valence-electron chi connectivity index (χ1n) is 14.9. The zero-order valence-corrected chi connectivity index (χ0v) is 28.3. The summed E-state index contributed by atoms with van der Waals surface area (Å²) in [5.41, 5.74) is 3.28. The predicted octanol–water partition coefficient (Wildman–Crippen LogP) is 7.39. The summed E-state index contributed by atoms with van der Waals surface area (Å²) in [5.74, 6) is 0.647. The number of sulfonamides is 2. The number of piperidine rings is 1. The van der Waals surface area contributed by atoms with Gasteiger partial charge in [0.05, 0.1) is 40.3 Å². The van der Waals surface area contributed by atoms with E-state index in [1.165, 1.54) is 4.31 Å². The predicted molar refractivity (Wildman–Crippen MR) is 178 cm³/mol. The van der Waals surface area contributed by atoms with Crippen LogP contribution >= 0.6 is 15.9 Å². The van der Waals surface area contributed by atoms with Crippen LogP contribution in [0, 0.1) is 6.92 Å². The number of aryl methyl sites for hydroxylation is 1. The van der Waals surface area contributed by atoms with Gasteiger partial charge in [0.1, 0.15) is 0 Å². The lowest BCUT2D eigenvalue weighted by Gasteiger charge is -2.49. The largest absolute Gasteiger partial charge is 0.498 e. The average molecular weight is 708 g/mol. The molecule has 10 heteroatoms. The van der Waals surface area contributed by atoms with Gasteiger partial charge < -0.3 is 4.74 Å².